The maximum absolute atomic E-state index is 10.6. The van der Waals surface area contributed by atoms with E-state index in [4.69, 9.17) is 11.6 Å². The van der Waals surface area contributed by atoms with Crippen molar-refractivity contribution in [1.29, 1.82) is 0 Å². The van der Waals surface area contributed by atoms with Crippen LogP contribution < -0.4 is 5.32 Å². The third-order valence-electron chi connectivity index (χ3n) is 4.77. The van der Waals surface area contributed by atoms with Crippen LogP contribution in [0.1, 0.15) is 24.0 Å². The summed E-state index contributed by atoms with van der Waals surface area (Å²) in [5, 5.41) is 4.83. The number of aryl methyl sites for hydroxylation is 2. The van der Waals surface area contributed by atoms with Gasteiger partial charge in [-0.1, -0.05) is 35.1 Å². The normalized spacial score (nSPS) is 15.0. The van der Waals surface area contributed by atoms with Gasteiger partial charge in [-0.3, -0.25) is 0 Å². The number of hydrogen-bond acceptors (Lipinski definition) is 6. The van der Waals surface area contributed by atoms with Gasteiger partial charge in [0, 0.05) is 36.0 Å². The maximum Gasteiger partial charge on any atom is 0.183 e. The number of halogens is 1. The molecule has 1 fully saturated rings. The van der Waals surface area contributed by atoms with E-state index >= 15 is 0 Å². The number of piperidine rings is 1. The molecule has 1 aliphatic heterocycles. The fourth-order valence-corrected chi connectivity index (χ4v) is 5.51. The predicted molar refractivity (Wildman–Crippen MR) is 126 cm³/mol. The number of anilines is 1. The lowest BCUT2D eigenvalue weighted by molar-refractivity contribution is -0.112. The van der Waals surface area contributed by atoms with Crippen LogP contribution in [0, 0.1) is 19.8 Å². The van der Waals surface area contributed by atoms with Gasteiger partial charge in [-0.25, -0.2) is 9.29 Å². The summed E-state index contributed by atoms with van der Waals surface area (Å²) in [7, 11) is 1.90. The number of fused-ring (bicyclic) bond motifs is 1. The zero-order valence-electron chi connectivity index (χ0n) is 16.9. The van der Waals surface area contributed by atoms with E-state index < -0.39 is 0 Å². The molecule has 1 saturated heterocycles. The number of rotatable bonds is 4. The Hall–Kier alpha value is -1.60. The van der Waals surface area contributed by atoms with Crippen LogP contribution in [0.3, 0.4) is 0 Å². The zero-order valence-corrected chi connectivity index (χ0v) is 19.3. The summed E-state index contributed by atoms with van der Waals surface area (Å²) >= 11 is 9.36. The Morgan fingerprint density at radius 2 is 2.00 bits per heavy atom. The quantitative estimate of drug-likeness (QED) is 0.380. The molecule has 29 heavy (non-hydrogen) atoms. The summed E-state index contributed by atoms with van der Waals surface area (Å²) in [6, 6.07) is 12.2. The van der Waals surface area contributed by atoms with Gasteiger partial charge >= 0.3 is 0 Å². The maximum atomic E-state index is 10.6. The van der Waals surface area contributed by atoms with E-state index in [0.29, 0.717) is 0 Å². The van der Waals surface area contributed by atoms with Gasteiger partial charge in [-0.2, -0.15) is 0 Å². The molecule has 4 nitrogen and oxygen atoms in total. The highest BCUT2D eigenvalue weighted by molar-refractivity contribution is 7.97. The number of nitrogens with one attached hydrogen (secondary N) is 1. The molecule has 3 aromatic rings. The molecule has 0 radical (unpaired) electrons. The number of hydrogen-bond donors (Lipinski definition) is 1. The Labute approximate surface area is 185 Å². The fraction of sp³-hybridized carbons (Fsp3) is 0.364. The van der Waals surface area contributed by atoms with Gasteiger partial charge in [-0.05, 0) is 74.0 Å². The van der Waals surface area contributed by atoms with Crippen LogP contribution in [0.15, 0.2) is 41.3 Å². The molecule has 1 aliphatic rings. The van der Waals surface area contributed by atoms with E-state index in [1.807, 2.05) is 25.2 Å². The van der Waals surface area contributed by atoms with Crippen molar-refractivity contribution >= 4 is 56.5 Å². The number of aromatic nitrogens is 1. The van der Waals surface area contributed by atoms with Gasteiger partial charge in [0.25, 0.3) is 0 Å². The largest absolute Gasteiger partial charge is 0.365 e. The van der Waals surface area contributed by atoms with Crippen molar-refractivity contribution < 1.29 is 4.79 Å². The molecule has 2 heterocycles. The zero-order chi connectivity index (χ0) is 20.8. The highest BCUT2D eigenvalue weighted by Gasteiger charge is 2.19. The third kappa shape index (κ3) is 6.19. The van der Waals surface area contributed by atoms with Crippen LogP contribution in [0.4, 0.5) is 5.13 Å². The highest BCUT2D eigenvalue weighted by Crippen LogP contribution is 2.30. The molecule has 1 N–H and O–H groups in total. The molecule has 0 spiro atoms. The van der Waals surface area contributed by atoms with Crippen molar-refractivity contribution in [3.05, 3.63) is 52.5 Å². The van der Waals surface area contributed by atoms with Crippen molar-refractivity contribution in [2.45, 2.75) is 31.6 Å². The minimum atomic E-state index is 0.260. The first-order valence-corrected chi connectivity index (χ1v) is 11.6. The van der Waals surface area contributed by atoms with Crippen LogP contribution in [0.5, 0.6) is 0 Å². The summed E-state index contributed by atoms with van der Waals surface area (Å²) in [6.45, 7) is 6.17. The number of carbonyl (C=O) groups excluding carboxylic acids is 1. The van der Waals surface area contributed by atoms with Crippen molar-refractivity contribution in [3.63, 3.8) is 0 Å². The lowest BCUT2D eigenvalue weighted by Gasteiger charge is -2.28. The van der Waals surface area contributed by atoms with Gasteiger partial charge in [0.15, 0.2) is 5.13 Å². The van der Waals surface area contributed by atoms with Gasteiger partial charge in [0.1, 0.15) is 6.29 Å². The number of thiazole rings is 1. The van der Waals surface area contributed by atoms with E-state index in [2.05, 4.69) is 46.7 Å². The average molecular weight is 448 g/mol. The second-order valence-electron chi connectivity index (χ2n) is 7.15. The van der Waals surface area contributed by atoms with Crippen LogP contribution >= 0.6 is 34.9 Å². The molecule has 4 rings (SSSR count). The standard InChI is InChI=1S/C12H14ClNOS.C10H12N2S/c13-11-2-1-3-12(8-11)16-14-6-4-10(9-15)5-7-14;1-6-4-7(2)9-8(5-6)13-10(11-3)12-9/h1-3,8-10H,4-7H2;4-5H,1-3H3,(H,11,12). The second kappa shape index (κ2) is 10.4. The Kier molecular flexibility index (Phi) is 7.95. The topological polar surface area (TPSA) is 45.2 Å². The van der Waals surface area contributed by atoms with Crippen molar-refractivity contribution in [2.75, 3.05) is 25.5 Å². The van der Waals surface area contributed by atoms with Crippen molar-refractivity contribution in [2.24, 2.45) is 5.92 Å². The van der Waals surface area contributed by atoms with Gasteiger partial charge < -0.3 is 10.1 Å². The first kappa shape index (κ1) is 22.1. The molecule has 7 heteroatoms. The smallest absolute Gasteiger partial charge is 0.183 e. The number of benzene rings is 2. The number of aldehydes is 1. The SMILES string of the molecule is CNc1nc2c(C)cc(C)cc2s1.O=CC1CCN(Sc2cccc(Cl)c2)CC1. The van der Waals surface area contributed by atoms with E-state index in [1.54, 1.807) is 23.3 Å². The van der Waals surface area contributed by atoms with E-state index in [1.165, 1.54) is 15.8 Å². The molecule has 0 bridgehead atoms. The van der Waals surface area contributed by atoms with Gasteiger partial charge in [0.05, 0.1) is 10.2 Å². The van der Waals surface area contributed by atoms with Crippen LogP contribution in [0.2, 0.25) is 5.02 Å². The molecule has 0 atom stereocenters. The van der Waals surface area contributed by atoms with Crippen LogP contribution in [0.25, 0.3) is 10.2 Å². The summed E-state index contributed by atoms with van der Waals surface area (Å²) in [5.74, 6) is 0.260. The number of carbonyl (C=O) groups is 1. The minimum absolute atomic E-state index is 0.260. The minimum Gasteiger partial charge on any atom is -0.365 e. The van der Waals surface area contributed by atoms with Gasteiger partial charge in [0.2, 0.25) is 0 Å². The number of nitrogens with zero attached hydrogens (tertiary/aromatic N) is 2. The molecule has 1 aromatic heterocycles. The fourth-order valence-electron chi connectivity index (χ4n) is 3.25. The van der Waals surface area contributed by atoms with E-state index in [0.717, 1.165) is 52.8 Å². The summed E-state index contributed by atoms with van der Waals surface area (Å²) in [6.07, 6.45) is 3.02. The molecule has 2 aromatic carbocycles. The molecule has 0 aliphatic carbocycles. The molecule has 154 valence electrons. The molecular weight excluding hydrogens is 422 g/mol. The Bertz CT molecular complexity index is 968. The van der Waals surface area contributed by atoms with Crippen LogP contribution in [-0.2, 0) is 4.79 Å². The predicted octanol–water partition coefficient (Wildman–Crippen LogP) is 6.21. The summed E-state index contributed by atoms with van der Waals surface area (Å²) < 4.78 is 3.56. The third-order valence-corrected chi connectivity index (χ3v) is 7.11. The second-order valence-corrected chi connectivity index (χ2v) is 9.79. The molecular formula is C22H26ClN3OS2. The summed E-state index contributed by atoms with van der Waals surface area (Å²) in [4.78, 5) is 16.3. The lowest BCUT2D eigenvalue weighted by Crippen LogP contribution is -2.28. The molecule has 0 saturated carbocycles. The Balaban J connectivity index is 0.000000169. The first-order valence-electron chi connectivity index (χ1n) is 9.68. The van der Waals surface area contributed by atoms with Crippen molar-refractivity contribution in [1.82, 2.24) is 9.29 Å². The van der Waals surface area contributed by atoms with Gasteiger partial charge in [-0.15, -0.1) is 0 Å². The average Bonchev–Trinajstić information content (AvgIpc) is 3.13. The Morgan fingerprint density at radius 1 is 1.24 bits per heavy atom. The monoisotopic (exact) mass is 447 g/mol. The highest BCUT2D eigenvalue weighted by atomic mass is 35.5. The van der Waals surface area contributed by atoms with E-state index in [-0.39, 0.29) is 5.92 Å². The van der Waals surface area contributed by atoms with Crippen LogP contribution in [-0.4, -0.2) is 35.7 Å². The summed E-state index contributed by atoms with van der Waals surface area (Å²) in [5.41, 5.74) is 3.68. The molecule has 0 amide bonds. The first-order chi connectivity index (χ1) is 14.0. The van der Waals surface area contributed by atoms with Crippen molar-refractivity contribution in [3.8, 4) is 0 Å². The Morgan fingerprint density at radius 3 is 2.66 bits per heavy atom. The van der Waals surface area contributed by atoms with E-state index in [9.17, 15) is 4.79 Å². The molecule has 0 unspecified atom stereocenters. The lowest BCUT2D eigenvalue weighted by atomic mass is 10.0.